The smallest absolute Gasteiger partial charge is 0.244 e. The lowest BCUT2D eigenvalue weighted by molar-refractivity contribution is -0.134. The third kappa shape index (κ3) is 4.93. The summed E-state index contributed by atoms with van der Waals surface area (Å²) in [5.74, 6) is -1.05. The van der Waals surface area contributed by atoms with Gasteiger partial charge in [0.1, 0.15) is 6.04 Å². The summed E-state index contributed by atoms with van der Waals surface area (Å²) in [5, 5.41) is 2.04. The normalized spacial score (nSPS) is 20.7. The van der Waals surface area contributed by atoms with Crippen LogP contribution in [0.3, 0.4) is 0 Å². The maximum Gasteiger partial charge on any atom is 0.244 e. The molecule has 2 heterocycles. The third-order valence-electron chi connectivity index (χ3n) is 6.92. The summed E-state index contributed by atoms with van der Waals surface area (Å²) in [6.07, 6.45) is 2.04. The number of primary amides is 1. The highest BCUT2D eigenvalue weighted by atomic mass is 35.5. The minimum absolute atomic E-state index is 0.0139. The van der Waals surface area contributed by atoms with Crippen molar-refractivity contribution in [1.29, 1.82) is 0 Å². The second kappa shape index (κ2) is 9.81. The molecule has 2 aliphatic heterocycles. The molecule has 0 unspecified atom stereocenters. The average molecular weight is 507 g/mol. The summed E-state index contributed by atoms with van der Waals surface area (Å²) in [5.41, 5.74) is 5.42. The summed E-state index contributed by atoms with van der Waals surface area (Å²) in [6, 6.07) is 9.44. The first-order chi connectivity index (χ1) is 16.1. The van der Waals surface area contributed by atoms with Crippen LogP contribution in [0.15, 0.2) is 41.3 Å². The van der Waals surface area contributed by atoms with Crippen molar-refractivity contribution >= 4 is 44.2 Å². The fourth-order valence-corrected chi connectivity index (χ4v) is 6.83. The Morgan fingerprint density at radius 1 is 1.09 bits per heavy atom. The number of carbonyl (C=O) groups excluding carboxylic acids is 2. The van der Waals surface area contributed by atoms with Gasteiger partial charge >= 0.3 is 0 Å². The number of hydrogen-bond acceptors (Lipinski definition) is 5. The number of nitrogens with zero attached hydrogens (tertiary/aromatic N) is 3. The number of likely N-dealkylation sites (tertiary alicyclic amines) is 2. The van der Waals surface area contributed by atoms with E-state index in [1.165, 1.54) is 12.1 Å². The molecule has 2 aromatic carbocycles. The molecule has 2 amide bonds. The van der Waals surface area contributed by atoms with Gasteiger partial charge in [-0.05, 0) is 68.1 Å². The molecule has 2 aromatic rings. The van der Waals surface area contributed by atoms with Gasteiger partial charge in [-0.3, -0.25) is 9.59 Å². The van der Waals surface area contributed by atoms with Crippen molar-refractivity contribution in [3.63, 3.8) is 0 Å². The van der Waals surface area contributed by atoms with E-state index in [1.807, 2.05) is 0 Å². The number of benzene rings is 2. The number of fused-ring (bicyclic) bond motifs is 1. The molecule has 34 heavy (non-hydrogen) atoms. The van der Waals surface area contributed by atoms with Gasteiger partial charge in [0.2, 0.25) is 21.8 Å². The summed E-state index contributed by atoms with van der Waals surface area (Å²) < 4.78 is 28.2. The Morgan fingerprint density at radius 3 is 2.38 bits per heavy atom. The molecule has 0 spiro atoms. The van der Waals surface area contributed by atoms with E-state index < -0.39 is 28.5 Å². The average Bonchev–Trinajstić information content (AvgIpc) is 3.17. The van der Waals surface area contributed by atoms with E-state index in [0.29, 0.717) is 29.4 Å². The fourth-order valence-electron chi connectivity index (χ4n) is 5.04. The minimum Gasteiger partial charge on any atom is -0.369 e. The van der Waals surface area contributed by atoms with Gasteiger partial charge in [0.15, 0.2) is 0 Å². The Bertz CT molecular complexity index is 1190. The number of carbonyl (C=O) groups is 2. The molecule has 2 aliphatic rings. The summed E-state index contributed by atoms with van der Waals surface area (Å²) >= 11 is 6.04. The van der Waals surface area contributed by atoms with Crippen LogP contribution in [-0.4, -0.2) is 78.6 Å². The Kier molecular flexibility index (Phi) is 7.19. The number of amides is 2. The lowest BCUT2D eigenvalue weighted by Gasteiger charge is -2.38. The number of sulfonamides is 1. The second-order valence-electron chi connectivity index (χ2n) is 9.37. The van der Waals surface area contributed by atoms with Crippen molar-refractivity contribution in [2.24, 2.45) is 5.73 Å². The molecule has 2 N–H and O–H groups in total. The minimum atomic E-state index is -4.14. The maximum absolute atomic E-state index is 13.6. The van der Waals surface area contributed by atoms with E-state index in [2.05, 4.69) is 18.7 Å². The van der Waals surface area contributed by atoms with Crippen molar-refractivity contribution in [3.05, 3.63) is 41.4 Å². The van der Waals surface area contributed by atoms with Crippen molar-refractivity contribution < 1.29 is 18.0 Å². The van der Waals surface area contributed by atoms with E-state index in [1.54, 1.807) is 29.2 Å². The van der Waals surface area contributed by atoms with Crippen molar-refractivity contribution in [3.8, 4) is 0 Å². The largest absolute Gasteiger partial charge is 0.369 e. The van der Waals surface area contributed by atoms with Gasteiger partial charge in [0.25, 0.3) is 0 Å². The van der Waals surface area contributed by atoms with Crippen LogP contribution in [0.2, 0.25) is 5.02 Å². The highest BCUT2D eigenvalue weighted by Gasteiger charge is 2.45. The molecule has 184 valence electrons. The van der Waals surface area contributed by atoms with Crippen LogP contribution >= 0.6 is 11.6 Å². The van der Waals surface area contributed by atoms with Gasteiger partial charge in [-0.25, -0.2) is 8.42 Å². The van der Waals surface area contributed by atoms with E-state index in [4.69, 9.17) is 17.3 Å². The molecule has 0 saturated carbocycles. The summed E-state index contributed by atoms with van der Waals surface area (Å²) in [4.78, 5) is 29.5. The van der Waals surface area contributed by atoms with Crippen LogP contribution in [-0.2, 0) is 19.6 Å². The zero-order chi connectivity index (χ0) is 24.6. The lowest BCUT2D eigenvalue weighted by Crippen LogP contribution is -2.52. The Labute approximate surface area is 205 Å². The van der Waals surface area contributed by atoms with E-state index in [9.17, 15) is 18.0 Å². The van der Waals surface area contributed by atoms with Gasteiger partial charge in [0.05, 0.1) is 11.4 Å². The molecular weight excluding hydrogens is 476 g/mol. The van der Waals surface area contributed by atoms with Crippen LogP contribution in [0.25, 0.3) is 10.8 Å². The molecular formula is C24H31ClN4O4S. The second-order valence-corrected chi connectivity index (χ2v) is 11.7. The maximum atomic E-state index is 13.6. The van der Waals surface area contributed by atoms with Gasteiger partial charge in [0, 0.05) is 36.7 Å². The van der Waals surface area contributed by atoms with Gasteiger partial charge < -0.3 is 15.5 Å². The van der Waals surface area contributed by atoms with Gasteiger partial charge in [-0.2, -0.15) is 4.31 Å². The van der Waals surface area contributed by atoms with E-state index in [-0.39, 0.29) is 16.8 Å². The van der Waals surface area contributed by atoms with E-state index in [0.717, 1.165) is 35.6 Å². The molecule has 1 atom stereocenters. The SMILES string of the molecule is CC(C)N1CCC(N2CC[C@H](N(CC(N)=O)S(=O)(=O)c3ccc4cc(Cl)ccc4c3)C2=O)CC1. The summed E-state index contributed by atoms with van der Waals surface area (Å²) in [6.45, 7) is 6.05. The molecule has 0 aromatic heterocycles. The van der Waals surface area contributed by atoms with Crippen LogP contribution in [0.5, 0.6) is 0 Å². The zero-order valence-corrected chi connectivity index (χ0v) is 21.1. The van der Waals surface area contributed by atoms with Crippen LogP contribution < -0.4 is 5.73 Å². The molecule has 0 bridgehead atoms. The predicted octanol–water partition coefficient (Wildman–Crippen LogP) is 2.44. The molecule has 4 rings (SSSR count). The van der Waals surface area contributed by atoms with Crippen molar-refractivity contribution in [2.75, 3.05) is 26.2 Å². The first-order valence-electron chi connectivity index (χ1n) is 11.6. The monoisotopic (exact) mass is 506 g/mol. The van der Waals surface area contributed by atoms with Crippen molar-refractivity contribution in [2.45, 2.75) is 56.1 Å². The molecule has 0 aliphatic carbocycles. The first-order valence-corrected chi connectivity index (χ1v) is 13.4. The predicted molar refractivity (Wildman–Crippen MR) is 132 cm³/mol. The molecule has 10 heteroatoms. The van der Waals surface area contributed by atoms with Gasteiger partial charge in [-0.15, -0.1) is 0 Å². The third-order valence-corrected chi connectivity index (χ3v) is 9.01. The summed E-state index contributed by atoms with van der Waals surface area (Å²) in [7, 11) is -4.14. The molecule has 2 saturated heterocycles. The van der Waals surface area contributed by atoms with Gasteiger partial charge in [-0.1, -0.05) is 23.7 Å². The van der Waals surface area contributed by atoms with Crippen LogP contribution in [0.4, 0.5) is 0 Å². The topological polar surface area (TPSA) is 104 Å². The lowest BCUT2D eigenvalue weighted by atomic mass is 10.0. The molecule has 2 fully saturated rings. The number of piperidine rings is 1. The quantitative estimate of drug-likeness (QED) is 0.621. The van der Waals surface area contributed by atoms with Crippen molar-refractivity contribution in [1.82, 2.24) is 14.1 Å². The molecule has 8 nitrogen and oxygen atoms in total. The van der Waals surface area contributed by atoms with Crippen LogP contribution in [0.1, 0.15) is 33.1 Å². The zero-order valence-electron chi connectivity index (χ0n) is 19.5. The fraction of sp³-hybridized carbons (Fsp3) is 0.500. The number of nitrogens with two attached hydrogens (primary N) is 1. The Morgan fingerprint density at radius 2 is 1.74 bits per heavy atom. The molecule has 0 radical (unpaired) electrons. The van der Waals surface area contributed by atoms with Crippen LogP contribution in [0, 0.1) is 0 Å². The Balaban J connectivity index is 1.59. The highest BCUT2D eigenvalue weighted by molar-refractivity contribution is 7.89. The Hall–Kier alpha value is -2.20. The standard InChI is InChI=1S/C24H31ClN4O4S/c1-16(2)27-10-7-20(8-11-27)28-12-9-22(24(28)31)29(15-23(26)30)34(32,33)21-6-4-17-13-19(25)5-3-18(17)14-21/h3-6,13-14,16,20,22H,7-12,15H2,1-2H3,(H2,26,30)/t22-/m0/s1. The first kappa shape index (κ1) is 24.9. The number of rotatable bonds is 7. The van der Waals surface area contributed by atoms with E-state index >= 15 is 0 Å². The highest BCUT2D eigenvalue weighted by Crippen LogP contribution is 2.30. The number of halogens is 1. The number of hydrogen-bond donors (Lipinski definition) is 1.